The van der Waals surface area contributed by atoms with Gasteiger partial charge in [0.15, 0.2) is 0 Å². The molecule has 0 saturated heterocycles. The first-order valence-corrected chi connectivity index (χ1v) is 4.96. The molecule has 0 bridgehead atoms. The van der Waals surface area contributed by atoms with Gasteiger partial charge in [-0.2, -0.15) is 10.3 Å². The normalized spacial score (nSPS) is 10.2. The Hall–Kier alpha value is -0.950. The zero-order chi connectivity index (χ0) is 9.10. The summed E-state index contributed by atoms with van der Waals surface area (Å²) in [5.74, 6) is 0. The smallest absolute Gasteiger partial charge is 0.144 e. The van der Waals surface area contributed by atoms with Gasteiger partial charge in [-0.3, -0.25) is 0 Å². The fourth-order valence-corrected chi connectivity index (χ4v) is 1.82. The average Bonchev–Trinajstić information content (AvgIpc) is 2.61. The van der Waals surface area contributed by atoms with Crippen LogP contribution in [0.1, 0.15) is 0 Å². The van der Waals surface area contributed by atoms with Crippen LogP contribution in [-0.2, 0) is 0 Å². The van der Waals surface area contributed by atoms with E-state index in [9.17, 15) is 0 Å². The molecule has 0 atom stereocenters. The highest BCUT2D eigenvalue weighted by molar-refractivity contribution is 9.10. The van der Waals surface area contributed by atoms with Crippen LogP contribution in [0.3, 0.4) is 0 Å². The number of rotatable bonds is 2. The van der Waals surface area contributed by atoms with Gasteiger partial charge in [-0.15, -0.1) is 5.10 Å². The van der Waals surface area contributed by atoms with E-state index in [1.54, 1.807) is 12.4 Å². The molecular weight excluding hydrogens is 254 g/mol. The minimum absolute atomic E-state index is 0.777. The minimum atomic E-state index is 0.777. The zero-order valence-corrected chi connectivity index (χ0v) is 8.71. The Morgan fingerprint density at radius 3 is 3.00 bits per heavy atom. The molecular formula is C6H4BrN5S. The monoisotopic (exact) mass is 257 g/mol. The predicted octanol–water partition coefficient (Wildman–Crippen LogP) is 1.51. The van der Waals surface area contributed by atoms with Gasteiger partial charge in [0.25, 0.3) is 0 Å². The number of hydrogen-bond donors (Lipinski definition) is 1. The van der Waals surface area contributed by atoms with Crippen LogP contribution < -0.4 is 0 Å². The van der Waals surface area contributed by atoms with Gasteiger partial charge in [-0.05, 0) is 27.7 Å². The Bertz CT molecular complexity index is 390. The van der Waals surface area contributed by atoms with Crippen LogP contribution in [-0.4, -0.2) is 25.4 Å². The molecule has 2 rings (SSSR count). The third kappa shape index (κ3) is 2.04. The quantitative estimate of drug-likeness (QED) is 0.827. The van der Waals surface area contributed by atoms with Gasteiger partial charge in [-0.1, -0.05) is 0 Å². The summed E-state index contributed by atoms with van der Waals surface area (Å²) in [4.78, 5) is 7.94. The first-order valence-electron chi connectivity index (χ1n) is 3.35. The van der Waals surface area contributed by atoms with Crippen molar-refractivity contribution in [1.29, 1.82) is 0 Å². The molecule has 5 nitrogen and oxygen atoms in total. The number of nitrogens with zero attached hydrogens (tertiary/aromatic N) is 4. The summed E-state index contributed by atoms with van der Waals surface area (Å²) in [5, 5.41) is 11.7. The van der Waals surface area contributed by atoms with Crippen molar-refractivity contribution in [3.63, 3.8) is 0 Å². The van der Waals surface area contributed by atoms with Crippen molar-refractivity contribution in [2.45, 2.75) is 10.1 Å². The van der Waals surface area contributed by atoms with E-state index >= 15 is 0 Å². The molecule has 66 valence electrons. The van der Waals surface area contributed by atoms with Crippen LogP contribution in [0.4, 0.5) is 0 Å². The van der Waals surface area contributed by atoms with E-state index in [0.717, 1.165) is 14.5 Å². The van der Waals surface area contributed by atoms with E-state index in [0.29, 0.717) is 0 Å². The molecule has 0 aromatic carbocycles. The second-order valence-corrected chi connectivity index (χ2v) is 3.95. The second kappa shape index (κ2) is 3.84. The van der Waals surface area contributed by atoms with E-state index in [1.165, 1.54) is 18.1 Å². The lowest BCUT2D eigenvalue weighted by Crippen LogP contribution is -1.83. The van der Waals surface area contributed by atoms with E-state index in [2.05, 4.69) is 41.3 Å². The van der Waals surface area contributed by atoms with Crippen molar-refractivity contribution < 1.29 is 0 Å². The van der Waals surface area contributed by atoms with Crippen LogP contribution in [0.25, 0.3) is 0 Å². The van der Waals surface area contributed by atoms with E-state index in [4.69, 9.17) is 0 Å². The number of halogens is 1. The van der Waals surface area contributed by atoms with Crippen LogP contribution in [0.15, 0.2) is 33.2 Å². The lowest BCUT2D eigenvalue weighted by Gasteiger charge is -1.96. The van der Waals surface area contributed by atoms with Crippen molar-refractivity contribution >= 4 is 27.7 Å². The summed E-state index contributed by atoms with van der Waals surface area (Å²) >= 11 is 4.76. The zero-order valence-electron chi connectivity index (χ0n) is 6.31. The highest BCUT2D eigenvalue weighted by atomic mass is 79.9. The Morgan fingerprint density at radius 1 is 1.38 bits per heavy atom. The molecule has 0 aliphatic heterocycles. The van der Waals surface area contributed by atoms with Crippen molar-refractivity contribution in [1.82, 2.24) is 25.4 Å². The van der Waals surface area contributed by atoms with Gasteiger partial charge in [0.2, 0.25) is 0 Å². The molecule has 0 saturated carbocycles. The summed E-state index contributed by atoms with van der Waals surface area (Å²) in [6.07, 6.45) is 4.82. The summed E-state index contributed by atoms with van der Waals surface area (Å²) in [7, 11) is 0. The maximum Gasteiger partial charge on any atom is 0.144 e. The molecule has 0 amide bonds. The first kappa shape index (κ1) is 8.64. The number of hydrogen-bond acceptors (Lipinski definition) is 5. The molecule has 2 aromatic rings. The summed E-state index contributed by atoms with van der Waals surface area (Å²) in [6, 6.07) is 0. The highest BCUT2D eigenvalue weighted by Crippen LogP contribution is 2.28. The van der Waals surface area contributed by atoms with Crippen LogP contribution in [0.5, 0.6) is 0 Å². The highest BCUT2D eigenvalue weighted by Gasteiger charge is 2.04. The Morgan fingerprint density at radius 2 is 2.31 bits per heavy atom. The Labute approximate surface area is 86.5 Å². The molecule has 1 N–H and O–H groups in total. The Kier molecular flexibility index (Phi) is 2.55. The predicted molar refractivity (Wildman–Crippen MR) is 50.2 cm³/mol. The third-order valence-electron chi connectivity index (χ3n) is 1.23. The lowest BCUT2D eigenvalue weighted by atomic mass is 10.7. The van der Waals surface area contributed by atoms with Gasteiger partial charge >= 0.3 is 0 Å². The van der Waals surface area contributed by atoms with Crippen LogP contribution >= 0.6 is 27.7 Å². The van der Waals surface area contributed by atoms with Crippen molar-refractivity contribution in [3.8, 4) is 0 Å². The standard InChI is InChI=1S/C6H4BrN5S/c7-4-1-8-3-9-6(4)13-5-2-10-12-11-5/h1-3H,(H,10,11,12). The summed E-state index contributed by atoms with van der Waals surface area (Å²) in [6.45, 7) is 0. The molecule has 0 aliphatic rings. The fraction of sp³-hybridized carbons (Fsp3) is 0. The van der Waals surface area contributed by atoms with Gasteiger partial charge in [-0.25, -0.2) is 9.97 Å². The number of aromatic amines is 1. The third-order valence-corrected chi connectivity index (χ3v) is 3.00. The van der Waals surface area contributed by atoms with E-state index in [1.807, 2.05) is 0 Å². The molecule has 2 aromatic heterocycles. The van der Waals surface area contributed by atoms with Gasteiger partial charge in [0.05, 0.1) is 10.7 Å². The topological polar surface area (TPSA) is 67.3 Å². The van der Waals surface area contributed by atoms with Gasteiger partial charge in [0, 0.05) is 6.20 Å². The van der Waals surface area contributed by atoms with Crippen LogP contribution in [0, 0.1) is 0 Å². The van der Waals surface area contributed by atoms with Crippen LogP contribution in [0.2, 0.25) is 0 Å². The average molecular weight is 258 g/mol. The second-order valence-electron chi connectivity index (χ2n) is 2.09. The molecule has 0 spiro atoms. The largest absolute Gasteiger partial charge is 0.244 e. The van der Waals surface area contributed by atoms with E-state index < -0.39 is 0 Å². The summed E-state index contributed by atoms with van der Waals surface area (Å²) < 4.78 is 0.850. The number of H-pyrrole nitrogens is 1. The molecule has 13 heavy (non-hydrogen) atoms. The lowest BCUT2D eigenvalue weighted by molar-refractivity contribution is 0.909. The van der Waals surface area contributed by atoms with Gasteiger partial charge in [0.1, 0.15) is 16.4 Å². The van der Waals surface area contributed by atoms with Crippen molar-refractivity contribution in [2.75, 3.05) is 0 Å². The molecule has 2 heterocycles. The van der Waals surface area contributed by atoms with Crippen molar-refractivity contribution in [2.24, 2.45) is 0 Å². The maximum atomic E-state index is 4.08. The van der Waals surface area contributed by atoms with Crippen molar-refractivity contribution in [3.05, 3.63) is 23.2 Å². The molecule has 0 unspecified atom stereocenters. The number of aromatic nitrogens is 5. The van der Waals surface area contributed by atoms with E-state index in [-0.39, 0.29) is 0 Å². The first-order chi connectivity index (χ1) is 6.36. The fourth-order valence-electron chi connectivity index (χ4n) is 0.716. The Balaban J connectivity index is 2.24. The maximum absolute atomic E-state index is 4.08. The minimum Gasteiger partial charge on any atom is -0.244 e. The number of nitrogens with one attached hydrogen (secondary N) is 1. The summed E-state index contributed by atoms with van der Waals surface area (Å²) in [5.41, 5.74) is 0. The molecule has 0 radical (unpaired) electrons. The molecule has 0 aliphatic carbocycles. The molecule has 0 fully saturated rings. The molecule has 7 heteroatoms. The SMILES string of the molecule is Brc1cncnc1Sc1cn[nH]n1. The van der Waals surface area contributed by atoms with Gasteiger partial charge < -0.3 is 0 Å².